The number of rotatable bonds is 3. The first-order chi connectivity index (χ1) is 3.41. The summed E-state index contributed by atoms with van der Waals surface area (Å²) >= 11 is 0. The molecule has 0 bridgehead atoms. The average molecular weight is 98.1 g/mol. The van der Waals surface area contributed by atoms with E-state index in [2.05, 4.69) is 12.3 Å². The summed E-state index contributed by atoms with van der Waals surface area (Å²) in [4.78, 5) is 0. The Bertz CT molecular complexity index is 70.2. The number of ether oxygens (including phenoxy) is 1. The molecule has 0 N–H and O–H groups in total. The standard InChI is InChI=1S/C6H10O/c1-3-4-5-6-7-2/h4H,1,5-6H2,2H3. The minimum Gasteiger partial charge on any atom is -0.384 e. The Morgan fingerprint density at radius 1 is 1.86 bits per heavy atom. The minimum atomic E-state index is 0.766. The Morgan fingerprint density at radius 3 is 3.00 bits per heavy atom. The molecule has 0 fully saturated rings. The lowest BCUT2D eigenvalue weighted by atomic mass is 10.4. The molecule has 0 spiro atoms. The Morgan fingerprint density at radius 2 is 2.57 bits per heavy atom. The molecule has 0 unspecified atom stereocenters. The van der Waals surface area contributed by atoms with Crippen LogP contribution in [0.3, 0.4) is 0 Å². The van der Waals surface area contributed by atoms with Crippen LogP contribution in [0.1, 0.15) is 6.42 Å². The molecule has 1 heteroatoms. The highest BCUT2D eigenvalue weighted by atomic mass is 16.5. The van der Waals surface area contributed by atoms with Gasteiger partial charge in [-0.05, 0) is 12.5 Å². The molecule has 0 aromatic heterocycles. The second-order valence-electron chi connectivity index (χ2n) is 1.19. The van der Waals surface area contributed by atoms with Crippen molar-refractivity contribution in [1.82, 2.24) is 0 Å². The average Bonchev–Trinajstić information content (AvgIpc) is 1.69. The van der Waals surface area contributed by atoms with Crippen LogP contribution in [0, 0.1) is 0 Å². The fraction of sp³-hybridized carbons (Fsp3) is 0.500. The third kappa shape index (κ3) is 5.48. The van der Waals surface area contributed by atoms with Crippen molar-refractivity contribution in [3.8, 4) is 0 Å². The molecule has 0 atom stereocenters. The SMILES string of the molecule is C=C=CCCOC. The molecule has 7 heavy (non-hydrogen) atoms. The van der Waals surface area contributed by atoms with Gasteiger partial charge in [0.1, 0.15) is 0 Å². The topological polar surface area (TPSA) is 9.23 Å². The first kappa shape index (κ1) is 6.48. The minimum absolute atomic E-state index is 0.766. The van der Waals surface area contributed by atoms with Crippen molar-refractivity contribution in [2.75, 3.05) is 13.7 Å². The van der Waals surface area contributed by atoms with Gasteiger partial charge in [0.2, 0.25) is 0 Å². The lowest BCUT2D eigenvalue weighted by Gasteiger charge is -1.86. The highest BCUT2D eigenvalue weighted by Crippen LogP contribution is 1.77. The van der Waals surface area contributed by atoms with E-state index in [0.717, 1.165) is 13.0 Å². The third-order valence-electron chi connectivity index (χ3n) is 0.611. The summed E-state index contributed by atoms with van der Waals surface area (Å²) in [7, 11) is 1.68. The van der Waals surface area contributed by atoms with Crippen LogP contribution in [0.2, 0.25) is 0 Å². The van der Waals surface area contributed by atoms with Crippen LogP contribution in [-0.2, 0) is 4.74 Å². The van der Waals surface area contributed by atoms with Gasteiger partial charge in [0, 0.05) is 7.11 Å². The van der Waals surface area contributed by atoms with Crippen LogP contribution in [0.4, 0.5) is 0 Å². The van der Waals surface area contributed by atoms with Gasteiger partial charge in [-0.3, -0.25) is 0 Å². The maximum atomic E-state index is 4.74. The molecular weight excluding hydrogens is 88.1 g/mol. The van der Waals surface area contributed by atoms with Crippen molar-refractivity contribution in [2.45, 2.75) is 6.42 Å². The molecule has 0 aromatic rings. The van der Waals surface area contributed by atoms with Gasteiger partial charge in [-0.2, -0.15) is 0 Å². The van der Waals surface area contributed by atoms with Crippen LogP contribution in [0.25, 0.3) is 0 Å². The summed E-state index contributed by atoms with van der Waals surface area (Å²) in [5.74, 6) is 0. The third-order valence-corrected chi connectivity index (χ3v) is 0.611. The van der Waals surface area contributed by atoms with Crippen LogP contribution < -0.4 is 0 Å². The van der Waals surface area contributed by atoms with E-state index in [1.807, 2.05) is 6.08 Å². The first-order valence-corrected chi connectivity index (χ1v) is 2.25. The lowest BCUT2D eigenvalue weighted by Crippen LogP contribution is -1.82. The highest BCUT2D eigenvalue weighted by molar-refractivity contribution is 4.74. The van der Waals surface area contributed by atoms with E-state index in [0.29, 0.717) is 0 Å². The van der Waals surface area contributed by atoms with Gasteiger partial charge in [0.05, 0.1) is 6.61 Å². The van der Waals surface area contributed by atoms with Crippen LogP contribution in [0.15, 0.2) is 18.4 Å². The summed E-state index contributed by atoms with van der Waals surface area (Å²) in [5.41, 5.74) is 2.65. The van der Waals surface area contributed by atoms with Gasteiger partial charge in [-0.1, -0.05) is 6.58 Å². The normalized spacial score (nSPS) is 7.57. The summed E-state index contributed by atoms with van der Waals surface area (Å²) in [5, 5.41) is 0. The Kier molecular flexibility index (Phi) is 5.07. The number of hydrogen-bond donors (Lipinski definition) is 0. The maximum absolute atomic E-state index is 4.74. The van der Waals surface area contributed by atoms with E-state index in [9.17, 15) is 0 Å². The maximum Gasteiger partial charge on any atom is 0.0502 e. The van der Waals surface area contributed by atoms with E-state index in [1.54, 1.807) is 7.11 Å². The molecule has 0 aromatic carbocycles. The van der Waals surface area contributed by atoms with Gasteiger partial charge < -0.3 is 4.74 Å². The van der Waals surface area contributed by atoms with E-state index in [1.165, 1.54) is 0 Å². The Labute approximate surface area is 44.3 Å². The molecule has 40 valence electrons. The molecule has 0 saturated carbocycles. The van der Waals surface area contributed by atoms with Gasteiger partial charge in [-0.25, -0.2) is 0 Å². The molecule has 0 heterocycles. The van der Waals surface area contributed by atoms with Crippen molar-refractivity contribution in [3.05, 3.63) is 18.4 Å². The summed E-state index contributed by atoms with van der Waals surface area (Å²) < 4.78 is 4.74. The fourth-order valence-corrected chi connectivity index (χ4v) is 0.279. The number of methoxy groups -OCH3 is 1. The van der Waals surface area contributed by atoms with E-state index in [-0.39, 0.29) is 0 Å². The first-order valence-electron chi connectivity index (χ1n) is 2.25. The largest absolute Gasteiger partial charge is 0.384 e. The molecule has 0 aliphatic carbocycles. The van der Waals surface area contributed by atoms with Gasteiger partial charge in [0.25, 0.3) is 0 Å². The zero-order valence-corrected chi connectivity index (χ0v) is 4.61. The predicted molar refractivity (Wildman–Crippen MR) is 30.2 cm³/mol. The molecule has 1 nitrogen and oxygen atoms in total. The molecular formula is C6H10O. The second kappa shape index (κ2) is 5.48. The monoisotopic (exact) mass is 98.1 g/mol. The second-order valence-corrected chi connectivity index (χ2v) is 1.19. The molecule has 0 radical (unpaired) electrons. The van der Waals surface area contributed by atoms with Crippen molar-refractivity contribution in [3.63, 3.8) is 0 Å². The van der Waals surface area contributed by atoms with E-state index < -0.39 is 0 Å². The smallest absolute Gasteiger partial charge is 0.0502 e. The lowest BCUT2D eigenvalue weighted by molar-refractivity contribution is 0.204. The fourth-order valence-electron chi connectivity index (χ4n) is 0.279. The predicted octanol–water partition coefficient (Wildman–Crippen LogP) is 1.36. The quantitative estimate of drug-likeness (QED) is 0.382. The molecule has 0 amide bonds. The van der Waals surface area contributed by atoms with Crippen molar-refractivity contribution in [1.29, 1.82) is 0 Å². The summed E-state index contributed by atoms with van der Waals surface area (Å²) in [6.07, 6.45) is 2.77. The van der Waals surface area contributed by atoms with Crippen molar-refractivity contribution >= 4 is 0 Å². The zero-order chi connectivity index (χ0) is 5.54. The van der Waals surface area contributed by atoms with E-state index in [4.69, 9.17) is 4.74 Å². The van der Waals surface area contributed by atoms with Crippen LogP contribution in [0.5, 0.6) is 0 Å². The highest BCUT2D eigenvalue weighted by Gasteiger charge is 1.71. The van der Waals surface area contributed by atoms with Gasteiger partial charge in [-0.15, -0.1) is 5.73 Å². The van der Waals surface area contributed by atoms with Crippen LogP contribution >= 0.6 is 0 Å². The molecule has 0 aliphatic rings. The van der Waals surface area contributed by atoms with Gasteiger partial charge >= 0.3 is 0 Å². The Balaban J connectivity index is 2.83. The van der Waals surface area contributed by atoms with E-state index >= 15 is 0 Å². The Hall–Kier alpha value is -0.520. The van der Waals surface area contributed by atoms with Crippen LogP contribution in [-0.4, -0.2) is 13.7 Å². The number of hydrogen-bond acceptors (Lipinski definition) is 1. The zero-order valence-electron chi connectivity index (χ0n) is 4.61. The summed E-state index contributed by atoms with van der Waals surface area (Å²) in [6.45, 7) is 4.16. The van der Waals surface area contributed by atoms with Crippen molar-refractivity contribution in [2.24, 2.45) is 0 Å². The van der Waals surface area contributed by atoms with Gasteiger partial charge in [0.15, 0.2) is 0 Å². The summed E-state index contributed by atoms with van der Waals surface area (Å²) in [6, 6.07) is 0. The molecule has 0 rings (SSSR count). The van der Waals surface area contributed by atoms with Crippen molar-refractivity contribution < 1.29 is 4.74 Å². The molecule has 0 saturated heterocycles. The molecule has 0 aliphatic heterocycles.